The Hall–Kier alpha value is -2.75. The molecule has 2 heterocycles. The monoisotopic (exact) mass is 363 g/mol. The first-order chi connectivity index (χ1) is 13.0. The van der Waals surface area contributed by atoms with E-state index in [9.17, 15) is 9.18 Å². The number of hydrogen-bond donors (Lipinski definition) is 0. The molecule has 2 aromatic rings. The molecule has 2 aliphatic rings. The van der Waals surface area contributed by atoms with Gasteiger partial charge in [-0.25, -0.2) is 4.39 Å². The summed E-state index contributed by atoms with van der Waals surface area (Å²) in [4.78, 5) is 16.5. The number of rotatable bonds is 3. The van der Waals surface area contributed by atoms with Gasteiger partial charge in [0.05, 0.1) is 11.6 Å². The summed E-state index contributed by atoms with van der Waals surface area (Å²) in [6.07, 6.45) is 8.84. The minimum absolute atomic E-state index is 0.0650. The van der Waals surface area contributed by atoms with Gasteiger partial charge in [-0.05, 0) is 56.0 Å². The second-order valence-electron chi connectivity index (χ2n) is 7.47. The van der Waals surface area contributed by atoms with Crippen molar-refractivity contribution in [3.8, 4) is 11.1 Å². The number of aromatic nitrogens is 1. The van der Waals surface area contributed by atoms with Crippen LogP contribution in [0.15, 0.2) is 60.3 Å². The maximum atomic E-state index is 13.4. The molecule has 1 saturated heterocycles. The number of nitrogens with zero attached hydrogens (tertiary/aromatic N) is 1. The average molecular weight is 363 g/mol. The number of hydrogen-bond acceptors (Lipinski definition) is 3. The van der Waals surface area contributed by atoms with Crippen molar-refractivity contribution in [3.63, 3.8) is 0 Å². The third-order valence-corrected chi connectivity index (χ3v) is 5.51. The van der Waals surface area contributed by atoms with E-state index in [1.165, 1.54) is 17.7 Å². The number of halogens is 1. The lowest BCUT2D eigenvalue weighted by Gasteiger charge is -2.29. The van der Waals surface area contributed by atoms with Crippen LogP contribution in [0.25, 0.3) is 17.2 Å². The first-order valence-corrected chi connectivity index (χ1v) is 9.29. The summed E-state index contributed by atoms with van der Waals surface area (Å²) in [6.45, 7) is 4.04. The molecule has 0 saturated carbocycles. The third-order valence-electron chi connectivity index (χ3n) is 5.51. The summed E-state index contributed by atoms with van der Waals surface area (Å²) in [6, 6.07) is 10.4. The van der Waals surface area contributed by atoms with Crippen LogP contribution in [0.3, 0.4) is 0 Å². The third kappa shape index (κ3) is 3.57. The summed E-state index contributed by atoms with van der Waals surface area (Å²) < 4.78 is 18.8. The lowest BCUT2D eigenvalue weighted by Crippen LogP contribution is -2.29. The molecule has 138 valence electrons. The highest BCUT2D eigenvalue weighted by Crippen LogP contribution is 2.43. The molecule has 1 aromatic heterocycles. The van der Waals surface area contributed by atoms with Gasteiger partial charge in [-0.3, -0.25) is 9.78 Å². The molecule has 0 amide bonds. The first-order valence-electron chi connectivity index (χ1n) is 9.29. The fourth-order valence-electron chi connectivity index (χ4n) is 4.23. The molecule has 27 heavy (non-hydrogen) atoms. The Balaban J connectivity index is 1.53. The number of cyclic esters (lactones) is 1. The van der Waals surface area contributed by atoms with Crippen molar-refractivity contribution in [2.75, 3.05) is 0 Å². The molecule has 0 radical (unpaired) electrons. The standard InChI is InChI=1S/C23H22FNO2/c1-14-10-17(22-15(2)27-23(26)21(22)11-14)6-8-20-9-7-18(13-25-20)16-4-3-5-19(24)12-16/h3-9,11-13,15,17,21-22H,10H2,1-2H3/b8-6+. The van der Waals surface area contributed by atoms with E-state index in [1.54, 1.807) is 12.3 Å². The smallest absolute Gasteiger partial charge is 0.313 e. The fraction of sp³-hybridized carbons (Fsp3) is 0.304. The van der Waals surface area contributed by atoms with Gasteiger partial charge in [-0.1, -0.05) is 35.9 Å². The van der Waals surface area contributed by atoms with E-state index in [0.29, 0.717) is 0 Å². The average Bonchev–Trinajstić information content (AvgIpc) is 2.94. The zero-order valence-corrected chi connectivity index (χ0v) is 15.4. The molecular formula is C23H22FNO2. The number of carbonyl (C=O) groups is 1. The van der Waals surface area contributed by atoms with Gasteiger partial charge < -0.3 is 4.74 Å². The minimum Gasteiger partial charge on any atom is -0.462 e. The summed E-state index contributed by atoms with van der Waals surface area (Å²) in [7, 11) is 0. The van der Waals surface area contributed by atoms with Crippen LogP contribution >= 0.6 is 0 Å². The van der Waals surface area contributed by atoms with Crippen molar-refractivity contribution in [2.45, 2.75) is 26.4 Å². The number of allylic oxidation sites excluding steroid dienone is 2. The molecule has 4 unspecified atom stereocenters. The molecule has 0 N–H and O–H groups in total. The van der Waals surface area contributed by atoms with E-state index in [-0.39, 0.29) is 35.6 Å². The van der Waals surface area contributed by atoms with Crippen LogP contribution in [-0.2, 0) is 9.53 Å². The van der Waals surface area contributed by atoms with E-state index in [4.69, 9.17) is 4.74 Å². The maximum Gasteiger partial charge on any atom is 0.313 e. The van der Waals surface area contributed by atoms with Gasteiger partial charge >= 0.3 is 5.97 Å². The molecule has 0 bridgehead atoms. The van der Waals surface area contributed by atoms with Gasteiger partial charge in [-0.2, -0.15) is 0 Å². The predicted octanol–water partition coefficient (Wildman–Crippen LogP) is 5.04. The topological polar surface area (TPSA) is 39.2 Å². The number of pyridine rings is 1. The molecule has 1 aliphatic heterocycles. The zero-order valence-electron chi connectivity index (χ0n) is 15.4. The molecule has 4 heteroatoms. The van der Waals surface area contributed by atoms with Crippen molar-refractivity contribution in [1.29, 1.82) is 0 Å². The van der Waals surface area contributed by atoms with E-state index in [1.807, 2.05) is 31.2 Å². The largest absolute Gasteiger partial charge is 0.462 e. The van der Waals surface area contributed by atoms with Gasteiger partial charge in [0.1, 0.15) is 11.9 Å². The summed E-state index contributed by atoms with van der Waals surface area (Å²) in [5.74, 6) is -0.0569. The number of esters is 1. The lowest BCUT2D eigenvalue weighted by molar-refractivity contribution is -0.142. The molecule has 1 fully saturated rings. The second kappa shape index (κ2) is 7.10. The quantitative estimate of drug-likeness (QED) is 0.566. The van der Waals surface area contributed by atoms with Crippen LogP contribution in [0.2, 0.25) is 0 Å². The second-order valence-corrected chi connectivity index (χ2v) is 7.47. The highest BCUT2D eigenvalue weighted by atomic mass is 19.1. The normalized spacial score (nSPS) is 27.4. The highest BCUT2D eigenvalue weighted by molar-refractivity contribution is 5.78. The van der Waals surface area contributed by atoms with Crippen molar-refractivity contribution in [1.82, 2.24) is 4.98 Å². The van der Waals surface area contributed by atoms with Gasteiger partial charge in [-0.15, -0.1) is 0 Å². The summed E-state index contributed by atoms with van der Waals surface area (Å²) >= 11 is 0. The Morgan fingerprint density at radius 3 is 2.81 bits per heavy atom. The van der Waals surface area contributed by atoms with Crippen LogP contribution in [0.5, 0.6) is 0 Å². The molecule has 1 aromatic carbocycles. The van der Waals surface area contributed by atoms with E-state index in [2.05, 4.69) is 24.1 Å². The zero-order chi connectivity index (χ0) is 19.0. The number of fused-ring (bicyclic) bond motifs is 1. The van der Waals surface area contributed by atoms with Crippen LogP contribution in [0.4, 0.5) is 4.39 Å². The van der Waals surface area contributed by atoms with E-state index >= 15 is 0 Å². The first kappa shape index (κ1) is 17.7. The maximum absolute atomic E-state index is 13.4. The Morgan fingerprint density at radius 2 is 2.07 bits per heavy atom. The van der Waals surface area contributed by atoms with Gasteiger partial charge in [0.25, 0.3) is 0 Å². The lowest BCUT2D eigenvalue weighted by atomic mass is 9.72. The molecule has 4 rings (SSSR count). The van der Waals surface area contributed by atoms with Gasteiger partial charge in [0, 0.05) is 17.7 Å². The van der Waals surface area contributed by atoms with Gasteiger partial charge in [0.15, 0.2) is 0 Å². The number of benzene rings is 1. The highest BCUT2D eigenvalue weighted by Gasteiger charge is 2.46. The van der Waals surface area contributed by atoms with Crippen molar-refractivity contribution in [2.24, 2.45) is 17.8 Å². The summed E-state index contributed by atoms with van der Waals surface area (Å²) in [5, 5.41) is 0. The predicted molar refractivity (Wildman–Crippen MR) is 103 cm³/mol. The van der Waals surface area contributed by atoms with Crippen molar-refractivity contribution >= 4 is 12.0 Å². The molecule has 1 aliphatic carbocycles. The Morgan fingerprint density at radius 1 is 1.22 bits per heavy atom. The van der Waals surface area contributed by atoms with Crippen LogP contribution in [-0.4, -0.2) is 17.1 Å². The van der Waals surface area contributed by atoms with Crippen LogP contribution < -0.4 is 0 Å². The molecular weight excluding hydrogens is 341 g/mol. The van der Waals surface area contributed by atoms with Crippen molar-refractivity contribution < 1.29 is 13.9 Å². The minimum atomic E-state index is -0.255. The Kier molecular flexibility index (Phi) is 4.65. The SMILES string of the molecule is CC1=CC2C(=O)OC(C)C2C(/C=C/c2ccc(-c3cccc(F)c3)cn2)C1. The van der Waals surface area contributed by atoms with Crippen LogP contribution in [0.1, 0.15) is 26.0 Å². The van der Waals surface area contributed by atoms with Gasteiger partial charge in [0.2, 0.25) is 0 Å². The molecule has 4 atom stereocenters. The number of ether oxygens (including phenoxy) is 1. The van der Waals surface area contributed by atoms with Crippen LogP contribution in [0, 0.1) is 23.6 Å². The fourth-order valence-corrected chi connectivity index (χ4v) is 4.23. The number of carbonyl (C=O) groups excluding carboxylic acids is 1. The molecule has 0 spiro atoms. The Labute approximate surface area is 158 Å². The van der Waals surface area contributed by atoms with E-state index in [0.717, 1.165) is 23.2 Å². The van der Waals surface area contributed by atoms with E-state index < -0.39 is 0 Å². The Bertz CT molecular complexity index is 916. The molecule has 3 nitrogen and oxygen atoms in total. The summed E-state index contributed by atoms with van der Waals surface area (Å²) in [5.41, 5.74) is 3.76. The van der Waals surface area contributed by atoms with Crippen molar-refractivity contribution in [3.05, 3.63) is 71.8 Å².